The first kappa shape index (κ1) is 51.5. The van der Waals surface area contributed by atoms with Gasteiger partial charge in [0.2, 0.25) is 0 Å². The fourth-order valence-corrected chi connectivity index (χ4v) is 6.85. The van der Waals surface area contributed by atoms with Gasteiger partial charge in [0.25, 0.3) is 0 Å². The van der Waals surface area contributed by atoms with Crippen molar-refractivity contribution in [2.24, 2.45) is 5.73 Å². The average molecular weight is 772 g/mol. The Kier molecular flexibility index (Phi) is 39.0. The number of hydrogen-bond acceptors (Lipinski definition) is 8. The number of phosphoric ester groups is 1. The molecular formula is C43H82NO8P. The monoisotopic (exact) mass is 772 g/mol. The van der Waals surface area contributed by atoms with Crippen LogP contribution in [0.15, 0.2) is 24.3 Å². The van der Waals surface area contributed by atoms with E-state index >= 15 is 0 Å². The molecule has 0 aliphatic carbocycles. The zero-order valence-electron chi connectivity index (χ0n) is 34.3. The van der Waals surface area contributed by atoms with Gasteiger partial charge in [-0.05, 0) is 38.5 Å². The average Bonchev–Trinajstić information content (AvgIpc) is 3.14. The number of allylic oxidation sites excluding steroid dienone is 4. The smallest absolute Gasteiger partial charge is 0.462 e. The summed E-state index contributed by atoms with van der Waals surface area (Å²) in [5.74, 6) is -0.936. The number of carbonyl (C=O) groups is 2. The lowest BCUT2D eigenvalue weighted by Crippen LogP contribution is -2.29. The van der Waals surface area contributed by atoms with Gasteiger partial charge in [0.1, 0.15) is 6.61 Å². The maximum atomic E-state index is 12.5. The molecule has 0 radical (unpaired) electrons. The molecule has 0 bridgehead atoms. The van der Waals surface area contributed by atoms with E-state index in [4.69, 9.17) is 24.3 Å². The summed E-state index contributed by atoms with van der Waals surface area (Å²) >= 11 is 0. The van der Waals surface area contributed by atoms with Crippen molar-refractivity contribution in [2.45, 2.75) is 213 Å². The van der Waals surface area contributed by atoms with Crippen LogP contribution >= 0.6 is 7.82 Å². The number of unbranched alkanes of at least 4 members (excludes halogenated alkanes) is 24. The van der Waals surface area contributed by atoms with Crippen molar-refractivity contribution >= 4 is 19.8 Å². The summed E-state index contributed by atoms with van der Waals surface area (Å²) in [7, 11) is -4.39. The quantitative estimate of drug-likeness (QED) is 0.0269. The van der Waals surface area contributed by atoms with Crippen molar-refractivity contribution in [3.05, 3.63) is 24.3 Å². The Hall–Kier alpha value is -1.51. The van der Waals surface area contributed by atoms with E-state index in [-0.39, 0.29) is 32.6 Å². The van der Waals surface area contributed by atoms with Gasteiger partial charge in [0.15, 0.2) is 6.10 Å². The number of hydrogen-bond donors (Lipinski definition) is 2. The first-order valence-corrected chi connectivity index (χ1v) is 23.3. The second kappa shape index (κ2) is 40.2. The summed E-state index contributed by atoms with van der Waals surface area (Å²) in [4.78, 5) is 34.8. The highest BCUT2D eigenvalue weighted by molar-refractivity contribution is 7.47. The van der Waals surface area contributed by atoms with Crippen LogP contribution in [-0.2, 0) is 32.7 Å². The first-order chi connectivity index (χ1) is 25.8. The van der Waals surface area contributed by atoms with Crippen molar-refractivity contribution in [2.75, 3.05) is 26.4 Å². The largest absolute Gasteiger partial charge is 0.472 e. The fourth-order valence-electron chi connectivity index (χ4n) is 6.08. The van der Waals surface area contributed by atoms with Gasteiger partial charge in [-0.2, -0.15) is 0 Å². The predicted molar refractivity (Wildman–Crippen MR) is 220 cm³/mol. The molecule has 2 atom stereocenters. The Morgan fingerprint density at radius 3 is 1.34 bits per heavy atom. The molecule has 0 heterocycles. The molecule has 0 rings (SSSR count). The summed E-state index contributed by atoms with van der Waals surface area (Å²) in [6.07, 6.45) is 42.4. The van der Waals surface area contributed by atoms with Gasteiger partial charge in [-0.3, -0.25) is 18.6 Å². The van der Waals surface area contributed by atoms with Crippen LogP contribution < -0.4 is 5.73 Å². The number of phosphoric acid groups is 1. The highest BCUT2D eigenvalue weighted by atomic mass is 31.2. The molecule has 10 heteroatoms. The van der Waals surface area contributed by atoms with E-state index in [0.717, 1.165) is 25.7 Å². The van der Waals surface area contributed by atoms with E-state index in [1.54, 1.807) is 0 Å². The lowest BCUT2D eigenvalue weighted by molar-refractivity contribution is -0.161. The topological polar surface area (TPSA) is 134 Å². The minimum Gasteiger partial charge on any atom is -0.462 e. The molecule has 0 aromatic rings. The Bertz CT molecular complexity index is 928. The summed E-state index contributed by atoms with van der Waals surface area (Å²) < 4.78 is 32.7. The molecule has 0 saturated carbocycles. The first-order valence-electron chi connectivity index (χ1n) is 21.8. The predicted octanol–water partition coefficient (Wildman–Crippen LogP) is 12.4. The molecule has 53 heavy (non-hydrogen) atoms. The minimum atomic E-state index is -4.39. The van der Waals surface area contributed by atoms with Gasteiger partial charge in [-0.15, -0.1) is 0 Å². The van der Waals surface area contributed by atoms with Crippen LogP contribution in [0, 0.1) is 0 Å². The molecule has 0 fully saturated rings. The molecule has 3 N–H and O–H groups in total. The van der Waals surface area contributed by atoms with Crippen molar-refractivity contribution in [1.82, 2.24) is 0 Å². The van der Waals surface area contributed by atoms with E-state index in [2.05, 4.69) is 26.0 Å². The number of carbonyl (C=O) groups excluding carboxylic acids is 2. The molecule has 0 amide bonds. The Balaban J connectivity index is 4.21. The Labute approximate surface area is 325 Å². The van der Waals surface area contributed by atoms with Crippen LogP contribution in [-0.4, -0.2) is 49.3 Å². The standard InChI is InChI=1S/C43H82NO8P/c1-3-5-7-9-11-13-15-17-19-20-22-24-26-28-30-32-34-36-43(46)52-41(40-51-53(47,48)50-38-37-44)39-49-42(45)35-33-31-29-27-25-23-21-18-16-14-12-10-8-6-4-2/h29-32,41H,3-28,33-40,44H2,1-2H3,(H,47,48). The van der Waals surface area contributed by atoms with Crippen molar-refractivity contribution < 1.29 is 37.6 Å². The zero-order valence-corrected chi connectivity index (χ0v) is 35.2. The van der Waals surface area contributed by atoms with Crippen LogP contribution in [0.25, 0.3) is 0 Å². The van der Waals surface area contributed by atoms with E-state index in [1.807, 2.05) is 12.2 Å². The molecule has 0 aliphatic heterocycles. The maximum Gasteiger partial charge on any atom is 0.472 e. The molecule has 0 spiro atoms. The Morgan fingerprint density at radius 1 is 0.547 bits per heavy atom. The van der Waals surface area contributed by atoms with Crippen LogP contribution in [0.1, 0.15) is 206 Å². The number of nitrogens with two attached hydrogens (primary N) is 1. The third-order valence-electron chi connectivity index (χ3n) is 9.34. The molecular weight excluding hydrogens is 689 g/mol. The third kappa shape index (κ3) is 40.0. The normalized spacial score (nSPS) is 13.5. The van der Waals surface area contributed by atoms with Crippen LogP contribution in [0.4, 0.5) is 0 Å². The summed E-state index contributed by atoms with van der Waals surface area (Å²) in [6, 6.07) is 0. The summed E-state index contributed by atoms with van der Waals surface area (Å²) in [6.45, 7) is 3.67. The molecule has 312 valence electrons. The number of esters is 2. The number of ether oxygens (including phenoxy) is 2. The van der Waals surface area contributed by atoms with E-state index in [0.29, 0.717) is 12.8 Å². The van der Waals surface area contributed by atoms with Crippen LogP contribution in [0.5, 0.6) is 0 Å². The van der Waals surface area contributed by atoms with Crippen molar-refractivity contribution in [3.8, 4) is 0 Å². The fraction of sp³-hybridized carbons (Fsp3) is 0.860. The number of rotatable bonds is 41. The molecule has 0 aromatic heterocycles. The molecule has 0 aliphatic rings. The van der Waals surface area contributed by atoms with E-state index in [1.165, 1.54) is 141 Å². The lowest BCUT2D eigenvalue weighted by Gasteiger charge is -2.19. The van der Waals surface area contributed by atoms with Gasteiger partial charge in [-0.1, -0.05) is 179 Å². The lowest BCUT2D eigenvalue weighted by atomic mass is 10.0. The zero-order chi connectivity index (χ0) is 38.9. The van der Waals surface area contributed by atoms with E-state index < -0.39 is 32.5 Å². The minimum absolute atomic E-state index is 0.0462. The highest BCUT2D eigenvalue weighted by Gasteiger charge is 2.25. The maximum absolute atomic E-state index is 12.5. The van der Waals surface area contributed by atoms with Crippen molar-refractivity contribution in [3.63, 3.8) is 0 Å². The second-order valence-electron chi connectivity index (χ2n) is 14.6. The molecule has 0 saturated heterocycles. The highest BCUT2D eigenvalue weighted by Crippen LogP contribution is 2.43. The second-order valence-corrected chi connectivity index (χ2v) is 16.0. The molecule has 9 nitrogen and oxygen atoms in total. The molecule has 0 aromatic carbocycles. The third-order valence-corrected chi connectivity index (χ3v) is 10.3. The van der Waals surface area contributed by atoms with Crippen LogP contribution in [0.3, 0.4) is 0 Å². The van der Waals surface area contributed by atoms with Gasteiger partial charge in [-0.25, -0.2) is 4.57 Å². The summed E-state index contributed by atoms with van der Waals surface area (Å²) in [5.41, 5.74) is 5.34. The van der Waals surface area contributed by atoms with Gasteiger partial charge < -0.3 is 20.1 Å². The summed E-state index contributed by atoms with van der Waals surface area (Å²) in [5, 5.41) is 0. The Morgan fingerprint density at radius 2 is 0.925 bits per heavy atom. The van der Waals surface area contributed by atoms with E-state index in [9.17, 15) is 19.0 Å². The van der Waals surface area contributed by atoms with Crippen molar-refractivity contribution in [1.29, 1.82) is 0 Å². The van der Waals surface area contributed by atoms with Gasteiger partial charge >= 0.3 is 19.8 Å². The van der Waals surface area contributed by atoms with Gasteiger partial charge in [0, 0.05) is 19.4 Å². The van der Waals surface area contributed by atoms with Crippen LogP contribution in [0.2, 0.25) is 0 Å². The SMILES string of the molecule is CCCCCCCCCCCCCC=CCCC(=O)OCC(COP(=O)(O)OCCN)OC(=O)CCC=CCCCCCCCCCCCCCCC. The molecule has 2 unspecified atom stereocenters. The van der Waals surface area contributed by atoms with Gasteiger partial charge in [0.05, 0.1) is 13.2 Å².